The number of rotatable bonds is 4. The van der Waals surface area contributed by atoms with E-state index in [0.717, 1.165) is 12.8 Å². The molecule has 1 aromatic rings. The van der Waals surface area contributed by atoms with Crippen molar-refractivity contribution < 1.29 is 8.42 Å². The minimum atomic E-state index is -3.34. The summed E-state index contributed by atoms with van der Waals surface area (Å²) >= 11 is 11.8. The molecule has 0 radical (unpaired) electrons. The highest BCUT2D eigenvalue weighted by Crippen LogP contribution is 2.25. The molecule has 7 heteroatoms. The Kier molecular flexibility index (Phi) is 5.54. The molecule has 0 spiro atoms. The maximum Gasteiger partial charge on any atom is 0.218 e. The first-order valence-corrected chi connectivity index (χ1v) is 9.33. The number of nitrogens with zero attached hydrogens (tertiary/aromatic N) is 1. The Morgan fingerprint density at radius 2 is 1.76 bits per heavy atom. The van der Waals surface area contributed by atoms with Crippen molar-refractivity contribution in [1.82, 2.24) is 4.31 Å². The maximum atomic E-state index is 12.5. The molecule has 1 unspecified atom stereocenters. The molecule has 1 fully saturated rings. The van der Waals surface area contributed by atoms with Gasteiger partial charge < -0.3 is 5.73 Å². The van der Waals surface area contributed by atoms with E-state index in [9.17, 15) is 8.42 Å². The summed E-state index contributed by atoms with van der Waals surface area (Å²) in [4.78, 5) is 0. The molecule has 118 valence electrons. The smallest absolute Gasteiger partial charge is 0.218 e. The molecular weight excluding hydrogens is 331 g/mol. The normalized spacial score (nSPS) is 19.6. The van der Waals surface area contributed by atoms with Gasteiger partial charge in [-0.2, -0.15) is 0 Å². The van der Waals surface area contributed by atoms with E-state index in [2.05, 4.69) is 0 Å². The quantitative estimate of drug-likeness (QED) is 0.907. The van der Waals surface area contributed by atoms with Crippen LogP contribution in [0.1, 0.15) is 25.3 Å². The standard InChI is InChI=1S/C14H20Cl2N2O2S/c1-10(17)12-2-4-18(5-3-12)21(19,20)9-11-6-13(15)8-14(16)7-11/h6-8,10,12H,2-5,9,17H2,1H3. The molecule has 1 aliphatic heterocycles. The van der Waals surface area contributed by atoms with Crippen LogP contribution in [0.5, 0.6) is 0 Å². The van der Waals surface area contributed by atoms with Gasteiger partial charge in [0.25, 0.3) is 0 Å². The highest BCUT2D eigenvalue weighted by Gasteiger charge is 2.29. The van der Waals surface area contributed by atoms with Crippen LogP contribution in [0, 0.1) is 5.92 Å². The van der Waals surface area contributed by atoms with E-state index in [1.54, 1.807) is 22.5 Å². The molecule has 1 aliphatic rings. The number of piperidine rings is 1. The molecule has 0 bridgehead atoms. The average Bonchev–Trinajstić information content (AvgIpc) is 2.37. The number of sulfonamides is 1. The Balaban J connectivity index is 2.05. The molecule has 1 heterocycles. The van der Waals surface area contributed by atoms with E-state index in [4.69, 9.17) is 28.9 Å². The van der Waals surface area contributed by atoms with Crippen LogP contribution in [0.4, 0.5) is 0 Å². The van der Waals surface area contributed by atoms with Gasteiger partial charge in [0.05, 0.1) is 5.75 Å². The molecule has 0 aromatic heterocycles. The predicted octanol–water partition coefficient (Wildman–Crippen LogP) is 2.88. The van der Waals surface area contributed by atoms with E-state index in [0.29, 0.717) is 34.6 Å². The molecular formula is C14H20Cl2N2O2S. The topological polar surface area (TPSA) is 63.4 Å². The van der Waals surface area contributed by atoms with Crippen LogP contribution in [-0.4, -0.2) is 31.9 Å². The highest BCUT2D eigenvalue weighted by atomic mass is 35.5. The molecule has 0 aliphatic carbocycles. The molecule has 2 N–H and O–H groups in total. The molecule has 0 saturated carbocycles. The summed E-state index contributed by atoms with van der Waals surface area (Å²) in [5.74, 6) is 0.327. The second kappa shape index (κ2) is 6.84. The molecule has 2 rings (SSSR count). The lowest BCUT2D eigenvalue weighted by Gasteiger charge is -2.33. The fourth-order valence-corrected chi connectivity index (χ4v) is 4.78. The van der Waals surface area contributed by atoms with Crippen LogP contribution in [-0.2, 0) is 15.8 Å². The lowest BCUT2D eigenvalue weighted by molar-refractivity contribution is 0.250. The van der Waals surface area contributed by atoms with Crippen molar-refractivity contribution in [2.75, 3.05) is 13.1 Å². The largest absolute Gasteiger partial charge is 0.328 e. The van der Waals surface area contributed by atoms with Gasteiger partial charge in [-0.1, -0.05) is 23.2 Å². The summed E-state index contributed by atoms with van der Waals surface area (Å²) in [5.41, 5.74) is 6.49. The van der Waals surface area contributed by atoms with Crippen LogP contribution in [0.15, 0.2) is 18.2 Å². The van der Waals surface area contributed by atoms with E-state index in [1.165, 1.54) is 0 Å². The van der Waals surface area contributed by atoms with Crippen LogP contribution < -0.4 is 5.73 Å². The molecule has 1 aromatic carbocycles. The number of hydrogen-bond donors (Lipinski definition) is 1. The van der Waals surface area contributed by atoms with E-state index < -0.39 is 10.0 Å². The summed E-state index contributed by atoms with van der Waals surface area (Å²) in [5, 5.41) is 0.895. The van der Waals surface area contributed by atoms with Crippen LogP contribution in [0.2, 0.25) is 10.0 Å². The van der Waals surface area contributed by atoms with E-state index in [-0.39, 0.29) is 11.8 Å². The van der Waals surface area contributed by atoms with Gasteiger partial charge in [-0.15, -0.1) is 0 Å². The SMILES string of the molecule is CC(N)C1CCN(S(=O)(=O)Cc2cc(Cl)cc(Cl)c2)CC1. The van der Waals surface area contributed by atoms with Gasteiger partial charge >= 0.3 is 0 Å². The van der Waals surface area contributed by atoms with Gasteiger partial charge in [-0.3, -0.25) is 0 Å². The lowest BCUT2D eigenvalue weighted by Crippen LogP contribution is -2.42. The summed E-state index contributed by atoms with van der Waals surface area (Å²) < 4.78 is 26.5. The zero-order chi connectivity index (χ0) is 15.6. The highest BCUT2D eigenvalue weighted by molar-refractivity contribution is 7.88. The number of benzene rings is 1. The Hall–Kier alpha value is -0.330. The molecule has 1 atom stereocenters. The third kappa shape index (κ3) is 4.57. The first kappa shape index (κ1) is 17.0. The zero-order valence-electron chi connectivity index (χ0n) is 11.9. The van der Waals surface area contributed by atoms with Crippen molar-refractivity contribution in [3.63, 3.8) is 0 Å². The van der Waals surface area contributed by atoms with Crippen molar-refractivity contribution in [1.29, 1.82) is 0 Å². The van der Waals surface area contributed by atoms with Crippen LogP contribution in [0.25, 0.3) is 0 Å². The Morgan fingerprint density at radius 3 is 2.24 bits per heavy atom. The summed E-state index contributed by atoms with van der Waals surface area (Å²) in [7, 11) is -3.34. The Morgan fingerprint density at radius 1 is 1.24 bits per heavy atom. The Labute approximate surface area is 136 Å². The van der Waals surface area contributed by atoms with Crippen LogP contribution >= 0.6 is 23.2 Å². The van der Waals surface area contributed by atoms with Gasteiger partial charge in [-0.25, -0.2) is 12.7 Å². The minimum absolute atomic E-state index is 0.0733. The van der Waals surface area contributed by atoms with Gasteiger partial charge in [0.2, 0.25) is 10.0 Å². The van der Waals surface area contributed by atoms with Gasteiger partial charge in [-0.05, 0) is 49.4 Å². The average molecular weight is 351 g/mol. The van der Waals surface area contributed by atoms with Crippen molar-refractivity contribution in [3.05, 3.63) is 33.8 Å². The predicted molar refractivity (Wildman–Crippen MR) is 87.0 cm³/mol. The molecule has 4 nitrogen and oxygen atoms in total. The summed E-state index contributed by atoms with van der Waals surface area (Å²) in [6.07, 6.45) is 1.63. The van der Waals surface area contributed by atoms with Crippen molar-refractivity contribution in [2.45, 2.75) is 31.6 Å². The first-order valence-electron chi connectivity index (χ1n) is 6.96. The zero-order valence-corrected chi connectivity index (χ0v) is 14.3. The van der Waals surface area contributed by atoms with Crippen molar-refractivity contribution in [3.8, 4) is 0 Å². The lowest BCUT2D eigenvalue weighted by atomic mass is 9.92. The summed E-state index contributed by atoms with van der Waals surface area (Å²) in [6, 6.07) is 4.98. The third-order valence-electron chi connectivity index (χ3n) is 3.91. The number of nitrogens with two attached hydrogens (primary N) is 1. The number of halogens is 2. The van der Waals surface area contributed by atoms with Crippen molar-refractivity contribution >= 4 is 33.2 Å². The fourth-order valence-electron chi connectivity index (χ4n) is 2.68. The Bertz CT molecular complexity index is 577. The maximum absolute atomic E-state index is 12.5. The van der Waals surface area contributed by atoms with Gasteiger partial charge in [0, 0.05) is 29.2 Å². The van der Waals surface area contributed by atoms with Crippen LogP contribution in [0.3, 0.4) is 0 Å². The second-order valence-corrected chi connectivity index (χ2v) is 8.47. The summed E-state index contributed by atoms with van der Waals surface area (Å²) in [6.45, 7) is 3.04. The number of hydrogen-bond acceptors (Lipinski definition) is 3. The third-order valence-corrected chi connectivity index (χ3v) is 6.19. The fraction of sp³-hybridized carbons (Fsp3) is 0.571. The van der Waals surface area contributed by atoms with Crippen molar-refractivity contribution in [2.24, 2.45) is 11.7 Å². The minimum Gasteiger partial charge on any atom is -0.328 e. The van der Waals surface area contributed by atoms with E-state index >= 15 is 0 Å². The molecule has 1 saturated heterocycles. The van der Waals surface area contributed by atoms with Gasteiger partial charge in [0.1, 0.15) is 0 Å². The second-order valence-electron chi connectivity index (χ2n) is 5.63. The monoisotopic (exact) mass is 350 g/mol. The van der Waals surface area contributed by atoms with Gasteiger partial charge in [0.15, 0.2) is 0 Å². The molecule has 21 heavy (non-hydrogen) atoms. The van der Waals surface area contributed by atoms with E-state index in [1.807, 2.05) is 6.92 Å². The first-order chi connectivity index (χ1) is 9.78. The molecule has 0 amide bonds.